The zero-order valence-electron chi connectivity index (χ0n) is 18.9. The molecule has 2 amide bonds. The zero-order chi connectivity index (χ0) is 26.9. The second-order valence-electron chi connectivity index (χ2n) is 9.01. The molecular formula is C22H24F9N3O2. The lowest BCUT2D eigenvalue weighted by molar-refractivity contribution is -0.183. The van der Waals surface area contributed by atoms with Crippen LogP contribution in [0.5, 0.6) is 0 Å². The van der Waals surface area contributed by atoms with Gasteiger partial charge in [0.1, 0.15) is 6.04 Å². The van der Waals surface area contributed by atoms with Gasteiger partial charge in [-0.05, 0) is 62.9 Å². The molecule has 202 valence electrons. The van der Waals surface area contributed by atoms with E-state index in [2.05, 4.69) is 5.32 Å². The first kappa shape index (κ1) is 28.1. The van der Waals surface area contributed by atoms with Crippen molar-refractivity contribution in [3.05, 3.63) is 34.9 Å². The summed E-state index contributed by atoms with van der Waals surface area (Å²) in [6, 6.07) is -1.14. The molecule has 5 nitrogen and oxygen atoms in total. The summed E-state index contributed by atoms with van der Waals surface area (Å²) in [5.74, 6) is -1.87. The Kier molecular flexibility index (Phi) is 8.16. The Bertz CT molecular complexity index is 919. The van der Waals surface area contributed by atoms with Crippen molar-refractivity contribution in [2.75, 3.05) is 32.7 Å². The third kappa shape index (κ3) is 7.04. The van der Waals surface area contributed by atoms with E-state index in [0.717, 1.165) is 4.90 Å². The van der Waals surface area contributed by atoms with Gasteiger partial charge in [0, 0.05) is 18.7 Å². The van der Waals surface area contributed by atoms with Crippen LogP contribution in [0.15, 0.2) is 18.2 Å². The van der Waals surface area contributed by atoms with Crippen LogP contribution in [0, 0.1) is 5.92 Å². The Morgan fingerprint density at radius 3 is 1.89 bits per heavy atom. The van der Waals surface area contributed by atoms with Crippen LogP contribution in [0.25, 0.3) is 0 Å². The van der Waals surface area contributed by atoms with E-state index in [1.54, 1.807) is 4.90 Å². The molecule has 0 aromatic heterocycles. The predicted octanol–water partition coefficient (Wildman–Crippen LogP) is 4.72. The summed E-state index contributed by atoms with van der Waals surface area (Å²) in [5.41, 5.74) is -3.96. The summed E-state index contributed by atoms with van der Waals surface area (Å²) in [7, 11) is 0. The molecule has 0 bridgehead atoms. The third-order valence-electron chi connectivity index (χ3n) is 6.42. The fourth-order valence-electron chi connectivity index (χ4n) is 4.46. The van der Waals surface area contributed by atoms with Gasteiger partial charge < -0.3 is 10.2 Å². The quantitative estimate of drug-likeness (QED) is 0.558. The minimum atomic E-state index is -5.07. The first-order valence-electron chi connectivity index (χ1n) is 11.2. The number of carbonyl (C=O) groups is 2. The minimum absolute atomic E-state index is 0.0134. The number of hydrogen-bond acceptors (Lipinski definition) is 3. The first-order chi connectivity index (χ1) is 16.6. The lowest BCUT2D eigenvalue weighted by Crippen LogP contribution is -2.49. The van der Waals surface area contributed by atoms with Crippen LogP contribution in [0.4, 0.5) is 39.5 Å². The van der Waals surface area contributed by atoms with Crippen molar-refractivity contribution >= 4 is 11.8 Å². The number of alkyl halides is 9. The number of amides is 2. The van der Waals surface area contributed by atoms with Gasteiger partial charge in [0.05, 0.1) is 17.7 Å². The Morgan fingerprint density at radius 1 is 0.833 bits per heavy atom. The van der Waals surface area contributed by atoms with Gasteiger partial charge in [-0.15, -0.1) is 0 Å². The van der Waals surface area contributed by atoms with Gasteiger partial charge in [0.25, 0.3) is 5.91 Å². The summed E-state index contributed by atoms with van der Waals surface area (Å²) in [4.78, 5) is 27.2. The van der Waals surface area contributed by atoms with Gasteiger partial charge in [-0.3, -0.25) is 14.5 Å². The zero-order valence-corrected chi connectivity index (χ0v) is 18.9. The molecule has 0 spiro atoms. The highest BCUT2D eigenvalue weighted by molar-refractivity contribution is 5.94. The molecule has 2 aliphatic heterocycles. The lowest BCUT2D eigenvalue weighted by atomic mass is 9.96. The Morgan fingerprint density at radius 2 is 1.39 bits per heavy atom. The number of hydrogen-bond donors (Lipinski definition) is 1. The maximum absolute atomic E-state index is 13.1. The van der Waals surface area contributed by atoms with E-state index in [9.17, 15) is 49.1 Å². The van der Waals surface area contributed by atoms with E-state index in [0.29, 0.717) is 38.1 Å². The van der Waals surface area contributed by atoms with E-state index in [4.69, 9.17) is 0 Å². The summed E-state index contributed by atoms with van der Waals surface area (Å²) in [5, 5.41) is 2.36. The second kappa shape index (κ2) is 10.5. The third-order valence-corrected chi connectivity index (χ3v) is 6.42. The van der Waals surface area contributed by atoms with Gasteiger partial charge in [-0.25, -0.2) is 0 Å². The van der Waals surface area contributed by atoms with E-state index in [1.807, 2.05) is 0 Å². The normalized spacial score (nSPS) is 20.6. The van der Waals surface area contributed by atoms with Crippen LogP contribution in [0.3, 0.4) is 0 Å². The van der Waals surface area contributed by atoms with E-state index >= 15 is 0 Å². The van der Waals surface area contributed by atoms with Crippen LogP contribution < -0.4 is 5.32 Å². The SMILES string of the molecule is O=C(NCC1CCN(CC(=O)N2CCCC2C(F)(F)F)CC1)c1cc(C(F)(F)F)cc(C(F)(F)F)c1. The molecule has 1 atom stereocenters. The fraction of sp³-hybridized carbons (Fsp3) is 0.636. The molecule has 0 radical (unpaired) electrons. The summed E-state index contributed by atoms with van der Waals surface area (Å²) >= 11 is 0. The smallest absolute Gasteiger partial charge is 0.352 e. The van der Waals surface area contributed by atoms with Gasteiger partial charge in [-0.2, -0.15) is 39.5 Å². The minimum Gasteiger partial charge on any atom is -0.352 e. The summed E-state index contributed by atoms with van der Waals surface area (Å²) in [6.45, 7) is 0.533. The van der Waals surface area contributed by atoms with Crippen LogP contribution in [-0.2, 0) is 17.1 Å². The molecule has 36 heavy (non-hydrogen) atoms. The van der Waals surface area contributed by atoms with Gasteiger partial charge in [-0.1, -0.05) is 0 Å². The molecule has 1 aromatic rings. The molecule has 1 N–H and O–H groups in total. The van der Waals surface area contributed by atoms with Crippen molar-refractivity contribution in [2.45, 2.75) is 50.3 Å². The number of piperidine rings is 1. The number of likely N-dealkylation sites (tertiary alicyclic amines) is 2. The highest BCUT2D eigenvalue weighted by atomic mass is 19.4. The Labute approximate surface area is 200 Å². The molecule has 2 fully saturated rings. The monoisotopic (exact) mass is 533 g/mol. The van der Waals surface area contributed by atoms with Crippen molar-refractivity contribution in [3.8, 4) is 0 Å². The first-order valence-corrected chi connectivity index (χ1v) is 11.2. The van der Waals surface area contributed by atoms with Crippen molar-refractivity contribution in [1.82, 2.24) is 15.1 Å². The molecule has 1 unspecified atom stereocenters. The second-order valence-corrected chi connectivity index (χ2v) is 9.01. The highest BCUT2D eigenvalue weighted by Gasteiger charge is 2.47. The average Bonchev–Trinajstić information content (AvgIpc) is 3.28. The van der Waals surface area contributed by atoms with Crippen LogP contribution >= 0.6 is 0 Å². The standard InChI is InChI=1S/C22H24F9N3O2/c23-20(24,25)15-8-14(9-16(10-15)21(26,27)28)19(36)32-11-13-3-6-33(7-4-13)12-18(35)34-5-1-2-17(34)22(29,30)31/h8-10,13,17H,1-7,11-12H2,(H,32,36). The van der Waals surface area contributed by atoms with Crippen molar-refractivity contribution < 1.29 is 49.1 Å². The molecule has 2 aliphatic rings. The molecule has 0 aliphatic carbocycles. The summed E-state index contributed by atoms with van der Waals surface area (Å²) < 4.78 is 117. The maximum atomic E-state index is 13.1. The molecule has 14 heteroatoms. The molecule has 3 rings (SSSR count). The number of benzene rings is 1. The number of carbonyl (C=O) groups excluding carboxylic acids is 2. The van der Waals surface area contributed by atoms with Crippen molar-refractivity contribution in [2.24, 2.45) is 5.92 Å². The van der Waals surface area contributed by atoms with Gasteiger partial charge in [0.2, 0.25) is 5.91 Å². The van der Waals surface area contributed by atoms with E-state index < -0.39 is 53.1 Å². The number of halogens is 9. The van der Waals surface area contributed by atoms with Crippen LogP contribution in [0.1, 0.15) is 47.2 Å². The van der Waals surface area contributed by atoms with Crippen molar-refractivity contribution in [1.29, 1.82) is 0 Å². The maximum Gasteiger partial charge on any atom is 0.416 e. The van der Waals surface area contributed by atoms with Gasteiger partial charge in [0.15, 0.2) is 0 Å². The lowest BCUT2D eigenvalue weighted by Gasteiger charge is -2.34. The van der Waals surface area contributed by atoms with Gasteiger partial charge >= 0.3 is 18.5 Å². The van der Waals surface area contributed by atoms with Crippen LogP contribution in [0.2, 0.25) is 0 Å². The topological polar surface area (TPSA) is 52.7 Å². The molecular weight excluding hydrogens is 509 g/mol. The van der Waals surface area contributed by atoms with Crippen molar-refractivity contribution in [3.63, 3.8) is 0 Å². The van der Waals surface area contributed by atoms with E-state index in [1.165, 1.54) is 0 Å². The Hall–Kier alpha value is -2.51. The Balaban J connectivity index is 1.52. The largest absolute Gasteiger partial charge is 0.416 e. The number of nitrogens with one attached hydrogen (secondary N) is 1. The predicted molar refractivity (Wildman–Crippen MR) is 109 cm³/mol. The molecule has 2 saturated heterocycles. The molecule has 2 heterocycles. The number of rotatable bonds is 5. The van der Waals surface area contributed by atoms with E-state index in [-0.39, 0.29) is 44.5 Å². The number of nitrogens with zero attached hydrogens (tertiary/aromatic N) is 2. The summed E-state index contributed by atoms with van der Waals surface area (Å²) in [6.07, 6.45) is -13.6. The molecule has 0 saturated carbocycles. The average molecular weight is 533 g/mol. The highest BCUT2D eigenvalue weighted by Crippen LogP contribution is 2.36. The molecule has 1 aromatic carbocycles. The fourth-order valence-corrected chi connectivity index (χ4v) is 4.46. The van der Waals surface area contributed by atoms with Crippen LogP contribution in [-0.4, -0.2) is 66.6 Å².